The van der Waals surface area contributed by atoms with Gasteiger partial charge in [-0.15, -0.1) is 21.5 Å². The number of aromatic nitrogens is 2. The van der Waals surface area contributed by atoms with Gasteiger partial charge in [0.05, 0.1) is 16.9 Å². The second-order valence-electron chi connectivity index (χ2n) is 6.86. The van der Waals surface area contributed by atoms with Crippen LogP contribution in [0.15, 0.2) is 34.7 Å². The molecule has 166 valence electrons. The lowest BCUT2D eigenvalue weighted by Gasteiger charge is -2.11. The molecule has 0 fully saturated rings. The fraction of sp³-hybridized carbons (Fsp3) is 0.350. The second kappa shape index (κ2) is 10.7. The van der Waals surface area contributed by atoms with Crippen molar-refractivity contribution >= 4 is 61.1 Å². The van der Waals surface area contributed by atoms with Gasteiger partial charge >= 0.3 is 0 Å². The molecule has 0 aliphatic heterocycles. The number of ketones is 1. The lowest BCUT2D eigenvalue weighted by molar-refractivity contribution is 0.102. The van der Waals surface area contributed by atoms with E-state index in [1.807, 2.05) is 12.1 Å². The number of anilines is 2. The van der Waals surface area contributed by atoms with Crippen LogP contribution in [0.25, 0.3) is 0 Å². The van der Waals surface area contributed by atoms with Crippen molar-refractivity contribution in [3.63, 3.8) is 0 Å². The average molecular weight is 497 g/mol. The van der Waals surface area contributed by atoms with Gasteiger partial charge < -0.3 is 5.32 Å². The number of aryl methyl sites for hydroxylation is 2. The SMILES string of the molecule is CCc1cccc(C)c1Nc1nnc(SCC(=O)c2ccc(CCNS(C)(=O)=O)s2)s1. The number of thiophene rings is 1. The summed E-state index contributed by atoms with van der Waals surface area (Å²) in [5.41, 5.74) is 3.43. The summed E-state index contributed by atoms with van der Waals surface area (Å²) in [6.07, 6.45) is 2.61. The van der Waals surface area contributed by atoms with E-state index >= 15 is 0 Å². The van der Waals surface area contributed by atoms with Gasteiger partial charge in [-0.25, -0.2) is 13.1 Å². The molecule has 0 radical (unpaired) electrons. The van der Waals surface area contributed by atoms with Crippen LogP contribution >= 0.6 is 34.4 Å². The van der Waals surface area contributed by atoms with Crippen molar-refractivity contribution in [2.24, 2.45) is 0 Å². The minimum absolute atomic E-state index is 0.0224. The maximum absolute atomic E-state index is 12.5. The smallest absolute Gasteiger partial charge is 0.210 e. The van der Waals surface area contributed by atoms with Crippen LogP contribution in [-0.4, -0.2) is 43.0 Å². The number of carbonyl (C=O) groups excluding carboxylic acids is 1. The molecule has 2 heterocycles. The summed E-state index contributed by atoms with van der Waals surface area (Å²) in [6.45, 7) is 4.50. The molecule has 0 aliphatic carbocycles. The molecule has 31 heavy (non-hydrogen) atoms. The maximum Gasteiger partial charge on any atom is 0.210 e. The van der Waals surface area contributed by atoms with Gasteiger partial charge in [0.2, 0.25) is 15.2 Å². The molecule has 7 nitrogen and oxygen atoms in total. The van der Waals surface area contributed by atoms with E-state index in [-0.39, 0.29) is 11.5 Å². The average Bonchev–Trinajstić information content (AvgIpc) is 3.36. The van der Waals surface area contributed by atoms with E-state index in [1.165, 1.54) is 40.0 Å². The number of nitrogens with one attached hydrogen (secondary N) is 2. The second-order valence-corrected chi connectivity index (χ2v) is 12.1. The minimum atomic E-state index is -3.20. The first-order chi connectivity index (χ1) is 14.7. The van der Waals surface area contributed by atoms with Gasteiger partial charge in [0.1, 0.15) is 0 Å². The van der Waals surface area contributed by atoms with Crippen molar-refractivity contribution in [1.29, 1.82) is 0 Å². The van der Waals surface area contributed by atoms with E-state index in [0.717, 1.165) is 33.1 Å². The Bertz CT molecular complexity index is 1150. The Hall–Kier alpha value is -1.79. The molecule has 0 saturated carbocycles. The van der Waals surface area contributed by atoms with E-state index in [4.69, 9.17) is 0 Å². The lowest BCUT2D eigenvalue weighted by Crippen LogP contribution is -2.23. The van der Waals surface area contributed by atoms with E-state index in [9.17, 15) is 13.2 Å². The number of benzene rings is 1. The van der Waals surface area contributed by atoms with Gasteiger partial charge in [-0.3, -0.25) is 4.79 Å². The summed E-state index contributed by atoms with van der Waals surface area (Å²) in [5, 5.41) is 12.5. The zero-order valence-corrected chi connectivity index (χ0v) is 20.7. The molecule has 0 atom stereocenters. The molecule has 2 N–H and O–H groups in total. The predicted molar refractivity (Wildman–Crippen MR) is 130 cm³/mol. The molecule has 0 spiro atoms. The Balaban J connectivity index is 1.53. The van der Waals surface area contributed by atoms with E-state index < -0.39 is 10.0 Å². The number of thioether (sulfide) groups is 1. The maximum atomic E-state index is 12.5. The largest absolute Gasteiger partial charge is 0.330 e. The molecular weight excluding hydrogens is 473 g/mol. The van der Waals surface area contributed by atoms with E-state index in [2.05, 4.69) is 46.2 Å². The predicted octanol–water partition coefficient (Wildman–Crippen LogP) is 4.28. The summed E-state index contributed by atoms with van der Waals surface area (Å²) < 4.78 is 25.4. The van der Waals surface area contributed by atoms with Gasteiger partial charge in [-0.05, 0) is 43.0 Å². The van der Waals surface area contributed by atoms with Crippen LogP contribution < -0.4 is 10.0 Å². The first-order valence-corrected chi connectivity index (χ1v) is 14.1. The van der Waals surface area contributed by atoms with Gasteiger partial charge in [-0.1, -0.05) is 48.2 Å². The first-order valence-electron chi connectivity index (χ1n) is 9.63. The highest BCUT2D eigenvalue weighted by atomic mass is 32.2. The Morgan fingerprint density at radius 2 is 1.97 bits per heavy atom. The molecule has 0 aliphatic rings. The quantitative estimate of drug-likeness (QED) is 0.302. The van der Waals surface area contributed by atoms with Crippen LogP contribution in [0, 0.1) is 6.92 Å². The van der Waals surface area contributed by atoms with E-state index in [0.29, 0.717) is 23.0 Å². The standard InChI is InChI=1S/C20H24N4O3S4/c1-4-14-7-5-6-13(2)18(14)22-19-23-24-20(30-19)28-12-16(25)17-9-8-15(29-17)10-11-21-31(3,26)27/h5-9,21H,4,10-12H2,1-3H3,(H,22,23). The van der Waals surface area contributed by atoms with Gasteiger partial charge in [0.25, 0.3) is 0 Å². The molecule has 11 heteroatoms. The third kappa shape index (κ3) is 7.11. The Kier molecular flexibility index (Phi) is 8.23. The zero-order chi connectivity index (χ0) is 22.4. The number of hydrogen-bond acceptors (Lipinski definition) is 9. The molecule has 0 saturated heterocycles. The third-order valence-corrected chi connectivity index (χ3v) is 8.26. The van der Waals surface area contributed by atoms with Crippen LogP contribution in [-0.2, 0) is 22.9 Å². The Morgan fingerprint density at radius 3 is 2.71 bits per heavy atom. The van der Waals surface area contributed by atoms with Crippen molar-refractivity contribution in [3.8, 4) is 0 Å². The van der Waals surface area contributed by atoms with Crippen molar-refractivity contribution in [2.45, 2.75) is 31.0 Å². The molecule has 3 aromatic rings. The van der Waals surface area contributed by atoms with Crippen LogP contribution in [0.3, 0.4) is 0 Å². The summed E-state index contributed by atoms with van der Waals surface area (Å²) in [7, 11) is -3.20. The fourth-order valence-corrected chi connectivity index (χ4v) is 6.00. The number of carbonyl (C=O) groups is 1. The number of sulfonamides is 1. The van der Waals surface area contributed by atoms with Crippen LogP contribution in [0.1, 0.15) is 32.6 Å². The summed E-state index contributed by atoms with van der Waals surface area (Å²) in [4.78, 5) is 14.1. The summed E-state index contributed by atoms with van der Waals surface area (Å²) in [6, 6.07) is 9.86. The number of nitrogens with zero attached hydrogens (tertiary/aromatic N) is 2. The van der Waals surface area contributed by atoms with Gasteiger partial charge in [0.15, 0.2) is 10.1 Å². The molecule has 1 aromatic carbocycles. The summed E-state index contributed by atoms with van der Waals surface area (Å²) >= 11 is 4.19. The molecular formula is C20H24N4O3S4. The topological polar surface area (TPSA) is 101 Å². The minimum Gasteiger partial charge on any atom is -0.330 e. The number of hydrogen-bond donors (Lipinski definition) is 2. The van der Waals surface area contributed by atoms with Gasteiger partial charge in [-0.2, -0.15) is 0 Å². The van der Waals surface area contributed by atoms with Crippen molar-refractivity contribution in [3.05, 3.63) is 51.2 Å². The fourth-order valence-electron chi connectivity index (χ4n) is 2.85. The van der Waals surface area contributed by atoms with Crippen molar-refractivity contribution < 1.29 is 13.2 Å². The number of Topliss-reactive ketones (excluding diaryl/α,β-unsaturated/α-hetero) is 1. The molecule has 0 unspecified atom stereocenters. The zero-order valence-electron chi connectivity index (χ0n) is 17.5. The Morgan fingerprint density at radius 1 is 1.16 bits per heavy atom. The van der Waals surface area contributed by atoms with Crippen LogP contribution in [0.2, 0.25) is 0 Å². The highest BCUT2D eigenvalue weighted by Crippen LogP contribution is 2.31. The summed E-state index contributed by atoms with van der Waals surface area (Å²) in [5.74, 6) is 0.301. The molecule has 2 aromatic heterocycles. The number of para-hydroxylation sites is 1. The lowest BCUT2D eigenvalue weighted by atomic mass is 10.1. The van der Waals surface area contributed by atoms with Crippen LogP contribution in [0.5, 0.6) is 0 Å². The third-order valence-electron chi connectivity index (χ3n) is 4.38. The first kappa shape index (κ1) is 23.9. The van der Waals surface area contributed by atoms with E-state index in [1.54, 1.807) is 6.07 Å². The highest BCUT2D eigenvalue weighted by molar-refractivity contribution is 8.01. The normalized spacial score (nSPS) is 11.6. The Labute approximate surface area is 194 Å². The highest BCUT2D eigenvalue weighted by Gasteiger charge is 2.14. The molecule has 0 amide bonds. The van der Waals surface area contributed by atoms with Gasteiger partial charge in [0, 0.05) is 17.1 Å². The van der Waals surface area contributed by atoms with Crippen molar-refractivity contribution in [1.82, 2.24) is 14.9 Å². The molecule has 0 bridgehead atoms. The van der Waals surface area contributed by atoms with Crippen LogP contribution in [0.4, 0.5) is 10.8 Å². The number of rotatable bonds is 11. The molecule has 3 rings (SSSR count). The monoisotopic (exact) mass is 496 g/mol. The van der Waals surface area contributed by atoms with Crippen molar-refractivity contribution in [2.75, 3.05) is 23.9 Å².